The Hall–Kier alpha value is -2.41. The number of anilines is 1. The van der Waals surface area contributed by atoms with Crippen LogP contribution >= 0.6 is 0 Å². The maximum Gasteiger partial charge on any atom is 0.404 e. The van der Waals surface area contributed by atoms with E-state index in [4.69, 9.17) is 15.3 Å². The molecule has 4 N–H and O–H groups in total. The van der Waals surface area contributed by atoms with Crippen molar-refractivity contribution in [1.29, 1.82) is 0 Å². The number of nitrogens with two attached hydrogens (primary N) is 1. The van der Waals surface area contributed by atoms with Gasteiger partial charge in [0, 0.05) is 11.1 Å². The number of hydrogen-bond acceptors (Lipinski definition) is 9. The molecule has 1 amide bonds. The van der Waals surface area contributed by atoms with Crippen molar-refractivity contribution < 1.29 is 37.8 Å². The first-order valence-corrected chi connectivity index (χ1v) is 9.84. The van der Waals surface area contributed by atoms with Crippen molar-refractivity contribution in [2.45, 2.75) is 23.8 Å². The number of ether oxygens (including phenoxy) is 1. The number of carbonyl (C=O) groups is 2. The van der Waals surface area contributed by atoms with Gasteiger partial charge in [0.2, 0.25) is 15.8 Å². The maximum atomic E-state index is 12.0. The number of carbonyl (C=O) groups excluding carboxylic acids is 2. The van der Waals surface area contributed by atoms with Crippen molar-refractivity contribution in [3.63, 3.8) is 0 Å². The van der Waals surface area contributed by atoms with Crippen LogP contribution in [0.25, 0.3) is 0 Å². The largest absolute Gasteiger partial charge is 0.508 e. The number of hydrogen-bond donors (Lipinski definition) is 3. The third-order valence-corrected chi connectivity index (χ3v) is 6.36. The van der Waals surface area contributed by atoms with Gasteiger partial charge in [0.15, 0.2) is 0 Å². The van der Waals surface area contributed by atoms with Gasteiger partial charge in [0.25, 0.3) is 0 Å². The Kier molecular flexibility index (Phi) is 3.69. The van der Waals surface area contributed by atoms with Crippen molar-refractivity contribution in [2.75, 3.05) is 24.5 Å². The summed E-state index contributed by atoms with van der Waals surface area (Å²) in [5.41, 5.74) is 5.63. The lowest BCUT2D eigenvalue weighted by Crippen LogP contribution is -2.59. The molecule has 11 nitrogen and oxygen atoms in total. The van der Waals surface area contributed by atoms with Gasteiger partial charge in [-0.2, -0.15) is 4.31 Å². The Balaban J connectivity index is 1.86. The number of amides is 1. The summed E-state index contributed by atoms with van der Waals surface area (Å²) in [6, 6.07) is 1.16. The number of primary amides is 1. The Morgan fingerprint density at radius 1 is 1.52 bits per heavy atom. The molecule has 3 heterocycles. The maximum absolute atomic E-state index is 12.0. The highest BCUT2D eigenvalue weighted by atomic mass is 32.2. The van der Waals surface area contributed by atoms with Crippen molar-refractivity contribution in [3.05, 3.63) is 23.3 Å². The highest BCUT2D eigenvalue weighted by Crippen LogP contribution is 2.57. The minimum atomic E-state index is -3.64. The summed E-state index contributed by atoms with van der Waals surface area (Å²) < 4.78 is 30.0. The molecule has 3 aliphatic rings. The van der Waals surface area contributed by atoms with Crippen LogP contribution < -0.4 is 10.8 Å². The number of benzene rings is 1. The molecule has 0 aromatic heterocycles. The van der Waals surface area contributed by atoms with Gasteiger partial charge in [0.1, 0.15) is 24.7 Å². The molecule has 3 aliphatic heterocycles. The zero-order chi connectivity index (χ0) is 19.7. The van der Waals surface area contributed by atoms with E-state index in [9.17, 15) is 28.2 Å². The number of nitrogens with zero attached hydrogens (tertiary/aromatic N) is 2. The Bertz CT molecular complexity index is 951. The molecular weight excluding hydrogens is 382 g/mol. The van der Waals surface area contributed by atoms with Gasteiger partial charge in [0.05, 0.1) is 30.4 Å². The lowest BCUT2D eigenvalue weighted by Gasteiger charge is -2.47. The fourth-order valence-corrected chi connectivity index (χ4v) is 5.38. The highest BCUT2D eigenvalue weighted by Gasteiger charge is 2.73. The van der Waals surface area contributed by atoms with Crippen LogP contribution in [0.2, 0.25) is 0 Å². The third-order valence-electron chi connectivity index (χ3n) is 5.10. The second kappa shape index (κ2) is 5.55. The van der Waals surface area contributed by atoms with E-state index in [0.29, 0.717) is 6.29 Å². The van der Waals surface area contributed by atoms with Gasteiger partial charge < -0.3 is 20.7 Å². The Morgan fingerprint density at radius 3 is 2.81 bits per heavy atom. The summed E-state index contributed by atoms with van der Waals surface area (Å²) in [4.78, 5) is 27.9. The zero-order valence-electron chi connectivity index (χ0n) is 14.1. The third kappa shape index (κ3) is 2.56. The van der Waals surface area contributed by atoms with E-state index in [0.717, 1.165) is 10.6 Å². The number of aliphatic hydroxyl groups is 1. The molecule has 0 spiro atoms. The predicted octanol–water partition coefficient (Wildman–Crippen LogP) is -1.15. The zero-order valence-corrected chi connectivity index (χ0v) is 14.9. The molecule has 1 aromatic carbocycles. The predicted molar refractivity (Wildman–Crippen MR) is 89.4 cm³/mol. The minimum Gasteiger partial charge on any atom is -0.508 e. The van der Waals surface area contributed by atoms with Gasteiger partial charge in [-0.3, -0.25) is 4.79 Å². The lowest BCUT2D eigenvalue weighted by atomic mass is 9.83. The molecule has 2 saturated heterocycles. The normalized spacial score (nSPS) is 33.6. The number of aldehydes is 1. The number of phenolic OH excluding ortho intramolecular Hbond substituents is 1. The van der Waals surface area contributed by atoms with E-state index >= 15 is 0 Å². The van der Waals surface area contributed by atoms with E-state index in [1.165, 1.54) is 17.2 Å². The van der Waals surface area contributed by atoms with Crippen LogP contribution in [0.5, 0.6) is 5.75 Å². The number of aromatic hydroxyl groups is 1. The molecule has 2 bridgehead atoms. The Labute approximate surface area is 153 Å². The van der Waals surface area contributed by atoms with E-state index in [1.807, 2.05) is 0 Å². The lowest BCUT2D eigenvalue weighted by molar-refractivity contribution is -0.249. The second-order valence-electron chi connectivity index (χ2n) is 6.78. The van der Waals surface area contributed by atoms with Crippen LogP contribution in [0.15, 0.2) is 12.1 Å². The SMILES string of the molecule is CS(=O)(=O)N1C2CN3OC(O)(C(COC(N)=O)c4c(O)cc(C=O)cc43)C21. The van der Waals surface area contributed by atoms with Crippen molar-refractivity contribution in [1.82, 2.24) is 4.31 Å². The van der Waals surface area contributed by atoms with Crippen LogP contribution in [0, 0.1) is 0 Å². The summed E-state index contributed by atoms with van der Waals surface area (Å²) in [6.45, 7) is -0.361. The molecular formula is C15H17N3O8S. The molecule has 5 unspecified atom stereocenters. The molecule has 5 atom stereocenters. The summed E-state index contributed by atoms with van der Waals surface area (Å²) >= 11 is 0. The average Bonchev–Trinajstić information content (AvgIpc) is 3.30. The average molecular weight is 399 g/mol. The van der Waals surface area contributed by atoms with Gasteiger partial charge in [-0.05, 0) is 12.1 Å². The fraction of sp³-hybridized carbons (Fsp3) is 0.467. The molecule has 0 radical (unpaired) electrons. The molecule has 0 aliphatic carbocycles. The summed E-state index contributed by atoms with van der Waals surface area (Å²) in [6.07, 6.45) is 0.440. The fourth-order valence-electron chi connectivity index (χ4n) is 4.05. The van der Waals surface area contributed by atoms with Crippen molar-refractivity contribution >= 4 is 28.1 Å². The molecule has 4 rings (SSSR count). The van der Waals surface area contributed by atoms with Crippen LogP contribution in [0.4, 0.5) is 10.5 Å². The first kappa shape index (κ1) is 18.0. The molecule has 12 heteroatoms. The van der Waals surface area contributed by atoms with E-state index < -0.39 is 46.5 Å². The van der Waals surface area contributed by atoms with E-state index in [-0.39, 0.29) is 29.1 Å². The Morgan fingerprint density at radius 2 is 2.22 bits per heavy atom. The smallest absolute Gasteiger partial charge is 0.404 e. The first-order valence-electron chi connectivity index (χ1n) is 7.99. The quantitative estimate of drug-likeness (QED) is 0.419. The number of fused-ring (bicyclic) bond motifs is 6. The number of hydroxylamine groups is 1. The second-order valence-corrected chi connectivity index (χ2v) is 8.67. The standard InChI is InChI=1S/C15H17N3O8S/c1-27(23,24)18-10-4-17-9-2-7(5-19)3-11(20)12(9)8(6-25-14(16)21)15(22,26-17)13(10)18/h2-3,5,8,10,13,20,22H,4,6H2,1H3,(H2,16,21). The van der Waals surface area contributed by atoms with E-state index in [2.05, 4.69) is 0 Å². The summed E-state index contributed by atoms with van der Waals surface area (Å²) in [5.74, 6) is -3.53. The minimum absolute atomic E-state index is 0.0954. The van der Waals surface area contributed by atoms with Crippen molar-refractivity contribution in [2.24, 2.45) is 5.73 Å². The molecule has 1 aromatic rings. The summed E-state index contributed by atoms with van der Waals surface area (Å²) in [5, 5.41) is 22.9. The van der Waals surface area contributed by atoms with Crippen LogP contribution in [-0.4, -0.2) is 72.6 Å². The highest BCUT2D eigenvalue weighted by molar-refractivity contribution is 7.88. The molecule has 2 fully saturated rings. The van der Waals surface area contributed by atoms with Gasteiger partial charge >= 0.3 is 6.09 Å². The van der Waals surface area contributed by atoms with Crippen LogP contribution in [-0.2, 0) is 19.6 Å². The molecule has 146 valence electrons. The molecule has 27 heavy (non-hydrogen) atoms. The van der Waals surface area contributed by atoms with Gasteiger partial charge in [-0.15, -0.1) is 0 Å². The molecule has 0 saturated carbocycles. The number of phenols is 1. The van der Waals surface area contributed by atoms with Crippen LogP contribution in [0.3, 0.4) is 0 Å². The number of sulfonamides is 1. The van der Waals surface area contributed by atoms with Gasteiger partial charge in [-0.1, -0.05) is 0 Å². The summed E-state index contributed by atoms with van der Waals surface area (Å²) in [7, 11) is -3.64. The van der Waals surface area contributed by atoms with Crippen LogP contribution in [0.1, 0.15) is 21.8 Å². The first-order chi connectivity index (χ1) is 12.6. The van der Waals surface area contributed by atoms with Gasteiger partial charge in [-0.25, -0.2) is 23.1 Å². The number of rotatable bonds is 4. The topological polar surface area (TPSA) is 159 Å². The monoisotopic (exact) mass is 399 g/mol. The van der Waals surface area contributed by atoms with E-state index in [1.54, 1.807) is 0 Å². The van der Waals surface area contributed by atoms with Crippen molar-refractivity contribution in [3.8, 4) is 5.75 Å².